The van der Waals surface area contributed by atoms with Crippen LogP contribution in [0, 0.1) is 19.8 Å². The third kappa shape index (κ3) is 3.34. The van der Waals surface area contributed by atoms with Gasteiger partial charge in [0.05, 0.1) is 0 Å². The van der Waals surface area contributed by atoms with Crippen molar-refractivity contribution in [2.24, 2.45) is 5.92 Å². The summed E-state index contributed by atoms with van der Waals surface area (Å²) in [5.74, 6) is 1.79. The third-order valence-electron chi connectivity index (χ3n) is 4.72. The van der Waals surface area contributed by atoms with E-state index in [4.69, 9.17) is 0 Å². The lowest BCUT2D eigenvalue weighted by molar-refractivity contribution is -0.126. The van der Waals surface area contributed by atoms with Crippen molar-refractivity contribution in [3.63, 3.8) is 0 Å². The summed E-state index contributed by atoms with van der Waals surface area (Å²) in [4.78, 5) is 21.0. The molecule has 0 saturated heterocycles. The van der Waals surface area contributed by atoms with Crippen molar-refractivity contribution in [1.82, 2.24) is 24.9 Å². The van der Waals surface area contributed by atoms with Crippen molar-refractivity contribution >= 4 is 17.5 Å². The summed E-state index contributed by atoms with van der Waals surface area (Å²) in [6.45, 7) is 8.02. The van der Waals surface area contributed by atoms with Crippen LogP contribution in [0.25, 0.3) is 5.78 Å². The molecule has 7 nitrogen and oxygen atoms in total. The average Bonchev–Trinajstić information content (AvgIpc) is 2.99. The van der Waals surface area contributed by atoms with Gasteiger partial charge in [-0.1, -0.05) is 6.42 Å². The Kier molecular flexibility index (Phi) is 4.69. The van der Waals surface area contributed by atoms with E-state index in [-0.39, 0.29) is 23.9 Å². The van der Waals surface area contributed by atoms with Gasteiger partial charge < -0.3 is 10.6 Å². The number of nitrogens with one attached hydrogen (secondary N) is 2. The average molecular weight is 330 g/mol. The van der Waals surface area contributed by atoms with Gasteiger partial charge in [0.2, 0.25) is 5.91 Å². The van der Waals surface area contributed by atoms with E-state index in [1.807, 2.05) is 27.7 Å². The topological polar surface area (TPSA) is 84.2 Å². The van der Waals surface area contributed by atoms with Crippen LogP contribution < -0.4 is 10.6 Å². The Labute approximate surface area is 142 Å². The molecule has 2 unspecified atom stereocenters. The van der Waals surface area contributed by atoms with Crippen molar-refractivity contribution < 1.29 is 4.79 Å². The lowest BCUT2D eigenvalue weighted by Crippen LogP contribution is -2.40. The van der Waals surface area contributed by atoms with Gasteiger partial charge in [-0.3, -0.25) is 4.79 Å². The fourth-order valence-electron chi connectivity index (χ4n) is 3.36. The highest BCUT2D eigenvalue weighted by atomic mass is 16.1. The van der Waals surface area contributed by atoms with Crippen LogP contribution >= 0.6 is 0 Å². The SMILES string of the molecule is Cc1nc2ncnn2c(NC2CCCC(C(=O)NC(C)C)C2)c1C. The number of carbonyl (C=O) groups excluding carboxylic acids is 1. The Morgan fingerprint density at radius 2 is 2.12 bits per heavy atom. The minimum atomic E-state index is 0.0770. The predicted molar refractivity (Wildman–Crippen MR) is 92.9 cm³/mol. The number of amides is 1. The van der Waals surface area contributed by atoms with Gasteiger partial charge in [0.1, 0.15) is 12.1 Å². The Morgan fingerprint density at radius 3 is 2.88 bits per heavy atom. The summed E-state index contributed by atoms with van der Waals surface area (Å²) in [7, 11) is 0. The highest BCUT2D eigenvalue weighted by molar-refractivity contribution is 5.79. The molecule has 2 heterocycles. The van der Waals surface area contributed by atoms with E-state index in [9.17, 15) is 4.79 Å². The van der Waals surface area contributed by atoms with E-state index < -0.39 is 0 Å². The zero-order chi connectivity index (χ0) is 17.3. The molecule has 0 spiro atoms. The fourth-order valence-corrected chi connectivity index (χ4v) is 3.36. The summed E-state index contributed by atoms with van der Waals surface area (Å²) in [5, 5.41) is 10.9. The number of aromatic nitrogens is 4. The van der Waals surface area contributed by atoms with E-state index in [0.29, 0.717) is 5.78 Å². The number of nitrogens with zero attached hydrogens (tertiary/aromatic N) is 4. The van der Waals surface area contributed by atoms with Gasteiger partial charge in [0.25, 0.3) is 5.78 Å². The molecular weight excluding hydrogens is 304 g/mol. The van der Waals surface area contributed by atoms with Crippen molar-refractivity contribution in [3.8, 4) is 0 Å². The molecule has 3 rings (SSSR count). The van der Waals surface area contributed by atoms with Crippen LogP contribution in [0.3, 0.4) is 0 Å². The molecule has 0 radical (unpaired) electrons. The van der Waals surface area contributed by atoms with Gasteiger partial charge in [-0.2, -0.15) is 14.6 Å². The second-order valence-electron chi connectivity index (χ2n) is 7.01. The Hall–Kier alpha value is -2.18. The van der Waals surface area contributed by atoms with E-state index in [2.05, 4.69) is 25.7 Å². The van der Waals surface area contributed by atoms with Crippen LogP contribution in [0.4, 0.5) is 5.82 Å². The first-order valence-corrected chi connectivity index (χ1v) is 8.69. The van der Waals surface area contributed by atoms with Crippen LogP contribution in [0.15, 0.2) is 6.33 Å². The number of fused-ring (bicyclic) bond motifs is 1. The molecule has 1 amide bonds. The van der Waals surface area contributed by atoms with Crippen molar-refractivity contribution in [2.45, 2.75) is 65.5 Å². The molecule has 0 aliphatic heterocycles. The number of hydrogen-bond donors (Lipinski definition) is 2. The van der Waals surface area contributed by atoms with E-state index in [1.165, 1.54) is 6.33 Å². The smallest absolute Gasteiger partial charge is 0.254 e. The largest absolute Gasteiger partial charge is 0.367 e. The summed E-state index contributed by atoms with van der Waals surface area (Å²) in [5.41, 5.74) is 2.02. The molecule has 1 aliphatic carbocycles. The van der Waals surface area contributed by atoms with Crippen LogP contribution in [0.1, 0.15) is 50.8 Å². The molecule has 1 aliphatic rings. The minimum absolute atomic E-state index is 0.0770. The molecule has 2 aromatic rings. The number of rotatable bonds is 4. The monoisotopic (exact) mass is 330 g/mol. The van der Waals surface area contributed by atoms with Gasteiger partial charge in [0.15, 0.2) is 0 Å². The molecule has 2 N–H and O–H groups in total. The molecular formula is C17H26N6O. The summed E-state index contributed by atoms with van der Waals surface area (Å²) in [6, 6.07) is 0.445. The molecule has 7 heteroatoms. The second kappa shape index (κ2) is 6.75. The van der Waals surface area contributed by atoms with E-state index in [1.54, 1.807) is 4.52 Å². The molecule has 130 valence electrons. The van der Waals surface area contributed by atoms with Crippen LogP contribution in [-0.2, 0) is 4.79 Å². The Balaban J connectivity index is 1.78. The fraction of sp³-hybridized carbons (Fsp3) is 0.647. The first-order valence-electron chi connectivity index (χ1n) is 8.69. The molecule has 0 aromatic carbocycles. The van der Waals surface area contributed by atoms with Crippen LogP contribution in [-0.4, -0.2) is 37.6 Å². The number of carbonyl (C=O) groups is 1. The normalized spacial score (nSPS) is 21.2. The standard InChI is InChI=1S/C17H26N6O/c1-10(2)20-16(24)13-6-5-7-14(8-13)22-15-11(3)12(4)21-17-18-9-19-23(15)17/h9-10,13-14,22H,5-8H2,1-4H3,(H,20,24). The lowest BCUT2D eigenvalue weighted by atomic mass is 9.85. The summed E-state index contributed by atoms with van der Waals surface area (Å²) in [6.07, 6.45) is 5.44. The highest BCUT2D eigenvalue weighted by Gasteiger charge is 2.28. The maximum Gasteiger partial charge on any atom is 0.254 e. The van der Waals surface area contributed by atoms with Gasteiger partial charge in [-0.25, -0.2) is 4.98 Å². The Morgan fingerprint density at radius 1 is 1.33 bits per heavy atom. The first-order chi connectivity index (χ1) is 11.5. The third-order valence-corrected chi connectivity index (χ3v) is 4.72. The molecule has 2 aromatic heterocycles. The minimum Gasteiger partial charge on any atom is -0.367 e. The van der Waals surface area contributed by atoms with E-state index in [0.717, 1.165) is 42.8 Å². The molecule has 1 fully saturated rings. The van der Waals surface area contributed by atoms with Gasteiger partial charge in [-0.15, -0.1) is 0 Å². The second-order valence-corrected chi connectivity index (χ2v) is 7.01. The first kappa shape index (κ1) is 16.7. The number of aryl methyl sites for hydroxylation is 1. The zero-order valence-corrected chi connectivity index (χ0v) is 14.8. The Bertz CT molecular complexity index is 738. The maximum atomic E-state index is 12.3. The predicted octanol–water partition coefficient (Wildman–Crippen LogP) is 2.24. The summed E-state index contributed by atoms with van der Waals surface area (Å²) < 4.78 is 1.75. The molecule has 24 heavy (non-hydrogen) atoms. The van der Waals surface area contributed by atoms with Gasteiger partial charge >= 0.3 is 0 Å². The van der Waals surface area contributed by atoms with Crippen molar-refractivity contribution in [2.75, 3.05) is 5.32 Å². The quantitative estimate of drug-likeness (QED) is 0.898. The number of anilines is 1. The maximum absolute atomic E-state index is 12.3. The number of hydrogen-bond acceptors (Lipinski definition) is 5. The highest BCUT2D eigenvalue weighted by Crippen LogP contribution is 2.28. The zero-order valence-electron chi connectivity index (χ0n) is 14.8. The van der Waals surface area contributed by atoms with Crippen LogP contribution in [0.5, 0.6) is 0 Å². The molecule has 0 bridgehead atoms. The molecule has 1 saturated carbocycles. The van der Waals surface area contributed by atoms with Gasteiger partial charge in [0, 0.05) is 29.3 Å². The lowest BCUT2D eigenvalue weighted by Gasteiger charge is -2.30. The van der Waals surface area contributed by atoms with Gasteiger partial charge in [-0.05, 0) is 47.0 Å². The molecule has 2 atom stereocenters. The summed E-state index contributed by atoms with van der Waals surface area (Å²) >= 11 is 0. The van der Waals surface area contributed by atoms with Crippen LogP contribution in [0.2, 0.25) is 0 Å². The van der Waals surface area contributed by atoms with Crippen molar-refractivity contribution in [3.05, 3.63) is 17.6 Å². The van der Waals surface area contributed by atoms with E-state index >= 15 is 0 Å². The van der Waals surface area contributed by atoms with Crippen molar-refractivity contribution in [1.29, 1.82) is 0 Å².